The van der Waals surface area contributed by atoms with Crippen molar-refractivity contribution in [3.05, 3.63) is 0 Å². The number of urea groups is 1. The number of likely N-dealkylation sites (tertiary alicyclic amines) is 1. The third-order valence-electron chi connectivity index (χ3n) is 3.42. The van der Waals surface area contributed by atoms with Crippen molar-refractivity contribution in [3.63, 3.8) is 0 Å². The summed E-state index contributed by atoms with van der Waals surface area (Å²) in [5.74, 6) is 2.50. The Morgan fingerprint density at radius 1 is 1.44 bits per heavy atom. The summed E-state index contributed by atoms with van der Waals surface area (Å²) < 4.78 is 0. The van der Waals surface area contributed by atoms with Gasteiger partial charge in [-0.1, -0.05) is 13.8 Å². The summed E-state index contributed by atoms with van der Waals surface area (Å²) in [6, 6.07) is 0.125. The molecule has 2 atom stereocenters. The van der Waals surface area contributed by atoms with Gasteiger partial charge in [-0.05, 0) is 36.7 Å². The maximum absolute atomic E-state index is 11.8. The number of thioether (sulfide) groups is 1. The molecule has 0 aliphatic carbocycles. The van der Waals surface area contributed by atoms with Crippen LogP contribution in [0.3, 0.4) is 0 Å². The average molecular weight is 244 g/mol. The lowest BCUT2D eigenvalue weighted by Crippen LogP contribution is -2.47. The summed E-state index contributed by atoms with van der Waals surface area (Å²) in [5, 5.41) is 3.00. The van der Waals surface area contributed by atoms with Gasteiger partial charge in [0, 0.05) is 19.6 Å². The van der Waals surface area contributed by atoms with Crippen LogP contribution in [0.25, 0.3) is 0 Å². The van der Waals surface area contributed by atoms with E-state index in [1.165, 1.54) is 0 Å². The van der Waals surface area contributed by atoms with Gasteiger partial charge < -0.3 is 10.2 Å². The molecule has 1 heterocycles. The van der Waals surface area contributed by atoms with Crippen LogP contribution in [-0.4, -0.2) is 42.6 Å². The van der Waals surface area contributed by atoms with E-state index in [-0.39, 0.29) is 6.03 Å². The average Bonchev–Trinajstić information content (AvgIpc) is 2.28. The Kier molecular flexibility index (Phi) is 6.03. The van der Waals surface area contributed by atoms with Crippen molar-refractivity contribution in [3.8, 4) is 0 Å². The Morgan fingerprint density at radius 2 is 2.19 bits per heavy atom. The topological polar surface area (TPSA) is 32.3 Å². The maximum Gasteiger partial charge on any atom is 0.317 e. The molecule has 0 radical (unpaired) electrons. The minimum atomic E-state index is 0.125. The van der Waals surface area contributed by atoms with E-state index in [1.54, 1.807) is 0 Å². The molecule has 1 rings (SSSR count). The number of carbonyl (C=O) groups is 1. The summed E-state index contributed by atoms with van der Waals surface area (Å²) in [7, 11) is 0. The molecule has 1 N–H and O–H groups in total. The van der Waals surface area contributed by atoms with Crippen LogP contribution in [0, 0.1) is 11.8 Å². The van der Waals surface area contributed by atoms with Crippen LogP contribution in [0.2, 0.25) is 0 Å². The van der Waals surface area contributed by atoms with E-state index in [1.807, 2.05) is 16.7 Å². The van der Waals surface area contributed by atoms with E-state index in [0.717, 1.165) is 44.1 Å². The van der Waals surface area contributed by atoms with Gasteiger partial charge >= 0.3 is 6.03 Å². The van der Waals surface area contributed by atoms with Crippen molar-refractivity contribution in [1.29, 1.82) is 0 Å². The molecule has 0 spiro atoms. The predicted octanol–water partition coefficient (Wildman–Crippen LogP) is 2.43. The SMILES string of the molecule is CSCCCNC(=O)N1CC[C@H](C)[C@@H](C)C1. The molecule has 0 aromatic carbocycles. The summed E-state index contributed by atoms with van der Waals surface area (Å²) in [4.78, 5) is 13.8. The molecule has 0 saturated carbocycles. The molecule has 0 unspecified atom stereocenters. The summed E-state index contributed by atoms with van der Waals surface area (Å²) >= 11 is 1.82. The van der Waals surface area contributed by atoms with Crippen LogP contribution in [0.1, 0.15) is 26.7 Å². The molecule has 1 fully saturated rings. The van der Waals surface area contributed by atoms with Gasteiger partial charge in [-0.3, -0.25) is 0 Å². The highest BCUT2D eigenvalue weighted by Crippen LogP contribution is 2.22. The van der Waals surface area contributed by atoms with Gasteiger partial charge in [0.1, 0.15) is 0 Å². The summed E-state index contributed by atoms with van der Waals surface area (Å²) in [6.07, 6.45) is 4.29. The third kappa shape index (κ3) is 4.24. The third-order valence-corrected chi connectivity index (χ3v) is 4.12. The molecule has 2 amide bonds. The molecule has 1 aliphatic rings. The first-order valence-corrected chi connectivity index (χ1v) is 7.56. The zero-order valence-electron chi connectivity index (χ0n) is 10.7. The molecule has 1 aliphatic heterocycles. The van der Waals surface area contributed by atoms with Crippen molar-refractivity contribution in [1.82, 2.24) is 10.2 Å². The maximum atomic E-state index is 11.8. The summed E-state index contributed by atoms with van der Waals surface area (Å²) in [6.45, 7) is 7.14. The molecule has 94 valence electrons. The fraction of sp³-hybridized carbons (Fsp3) is 0.917. The Balaban J connectivity index is 2.21. The normalized spacial score (nSPS) is 25.6. The number of nitrogens with one attached hydrogen (secondary N) is 1. The van der Waals surface area contributed by atoms with Crippen LogP contribution in [0.5, 0.6) is 0 Å². The van der Waals surface area contributed by atoms with E-state index in [4.69, 9.17) is 0 Å². The largest absolute Gasteiger partial charge is 0.338 e. The van der Waals surface area contributed by atoms with Gasteiger partial charge in [-0.25, -0.2) is 4.79 Å². The van der Waals surface area contributed by atoms with Crippen molar-refractivity contribution < 1.29 is 4.79 Å². The first-order chi connectivity index (χ1) is 7.65. The first-order valence-electron chi connectivity index (χ1n) is 6.17. The number of nitrogens with zero attached hydrogens (tertiary/aromatic N) is 1. The van der Waals surface area contributed by atoms with Crippen molar-refractivity contribution >= 4 is 17.8 Å². The molecule has 16 heavy (non-hydrogen) atoms. The second kappa shape index (κ2) is 7.05. The molecular weight excluding hydrogens is 220 g/mol. The molecule has 0 aromatic heterocycles. The molecule has 0 aromatic rings. The van der Waals surface area contributed by atoms with Gasteiger partial charge in [-0.2, -0.15) is 11.8 Å². The van der Waals surface area contributed by atoms with Gasteiger partial charge in [0.25, 0.3) is 0 Å². The molecule has 4 heteroatoms. The lowest BCUT2D eigenvalue weighted by atomic mass is 9.89. The van der Waals surface area contributed by atoms with Crippen molar-refractivity contribution in [2.24, 2.45) is 11.8 Å². The van der Waals surface area contributed by atoms with Gasteiger partial charge in [0.2, 0.25) is 0 Å². The first kappa shape index (κ1) is 13.7. The highest BCUT2D eigenvalue weighted by atomic mass is 32.2. The second-order valence-corrected chi connectivity index (χ2v) is 5.75. The van der Waals surface area contributed by atoms with Crippen LogP contribution in [-0.2, 0) is 0 Å². The van der Waals surface area contributed by atoms with E-state index in [9.17, 15) is 4.79 Å². The van der Waals surface area contributed by atoms with Crippen LogP contribution in [0.4, 0.5) is 4.79 Å². The molecule has 3 nitrogen and oxygen atoms in total. The van der Waals surface area contributed by atoms with Crippen molar-refractivity contribution in [2.75, 3.05) is 31.6 Å². The number of amides is 2. The van der Waals surface area contributed by atoms with E-state index in [0.29, 0.717) is 5.92 Å². The van der Waals surface area contributed by atoms with E-state index < -0.39 is 0 Å². The summed E-state index contributed by atoms with van der Waals surface area (Å²) in [5.41, 5.74) is 0. The number of piperidine rings is 1. The minimum Gasteiger partial charge on any atom is -0.338 e. The second-order valence-electron chi connectivity index (χ2n) is 4.77. The Hall–Kier alpha value is -0.380. The monoisotopic (exact) mass is 244 g/mol. The smallest absolute Gasteiger partial charge is 0.317 e. The minimum absolute atomic E-state index is 0.125. The van der Waals surface area contributed by atoms with E-state index in [2.05, 4.69) is 25.4 Å². The highest BCUT2D eigenvalue weighted by Gasteiger charge is 2.25. The van der Waals surface area contributed by atoms with Crippen LogP contribution < -0.4 is 5.32 Å². The van der Waals surface area contributed by atoms with Gasteiger partial charge in [0.05, 0.1) is 0 Å². The molecule has 0 bridgehead atoms. The number of hydrogen-bond donors (Lipinski definition) is 1. The number of hydrogen-bond acceptors (Lipinski definition) is 2. The molecular formula is C12H24N2OS. The van der Waals surface area contributed by atoms with Crippen molar-refractivity contribution in [2.45, 2.75) is 26.7 Å². The lowest BCUT2D eigenvalue weighted by Gasteiger charge is -2.35. The van der Waals surface area contributed by atoms with Gasteiger partial charge in [-0.15, -0.1) is 0 Å². The lowest BCUT2D eigenvalue weighted by molar-refractivity contribution is 0.144. The number of rotatable bonds is 4. The Labute approximate surface area is 103 Å². The highest BCUT2D eigenvalue weighted by molar-refractivity contribution is 7.98. The standard InChI is InChI=1S/C12H24N2OS/c1-10-5-7-14(9-11(10)2)12(15)13-6-4-8-16-3/h10-11H,4-9H2,1-3H3,(H,13,15)/t10-,11-/m0/s1. The zero-order chi connectivity index (χ0) is 12.0. The predicted molar refractivity (Wildman–Crippen MR) is 70.9 cm³/mol. The zero-order valence-corrected chi connectivity index (χ0v) is 11.5. The van der Waals surface area contributed by atoms with Crippen LogP contribution in [0.15, 0.2) is 0 Å². The quantitative estimate of drug-likeness (QED) is 0.770. The molecule has 1 saturated heterocycles. The fourth-order valence-electron chi connectivity index (χ4n) is 1.97. The van der Waals surface area contributed by atoms with Crippen LogP contribution >= 0.6 is 11.8 Å². The fourth-order valence-corrected chi connectivity index (χ4v) is 2.40. The Bertz CT molecular complexity index is 223. The number of carbonyl (C=O) groups excluding carboxylic acids is 1. The Morgan fingerprint density at radius 3 is 2.81 bits per heavy atom. The van der Waals surface area contributed by atoms with Gasteiger partial charge in [0.15, 0.2) is 0 Å². The van der Waals surface area contributed by atoms with E-state index >= 15 is 0 Å².